The lowest BCUT2D eigenvalue weighted by Gasteiger charge is -2.16. The maximum Gasteiger partial charge on any atom is 0.229 e. The second-order valence-corrected chi connectivity index (χ2v) is 10.1. The monoisotopic (exact) mass is 515 g/mol. The van der Waals surface area contributed by atoms with Crippen LogP contribution in [0, 0.1) is 5.41 Å². The Morgan fingerprint density at radius 3 is 2.39 bits per heavy atom. The van der Waals surface area contributed by atoms with Crippen molar-refractivity contribution in [2.45, 2.75) is 20.3 Å². The van der Waals surface area contributed by atoms with Crippen molar-refractivity contribution in [2.24, 2.45) is 5.41 Å². The van der Waals surface area contributed by atoms with Gasteiger partial charge in [-0.3, -0.25) is 4.98 Å². The van der Waals surface area contributed by atoms with Crippen LogP contribution in [0.15, 0.2) is 83.5 Å². The highest BCUT2D eigenvalue weighted by atomic mass is 35.5. The number of rotatable bonds is 7. The third-order valence-electron chi connectivity index (χ3n) is 5.92. The van der Waals surface area contributed by atoms with Crippen molar-refractivity contribution >= 4 is 52.0 Å². The summed E-state index contributed by atoms with van der Waals surface area (Å²) < 4.78 is 6.31. The molecule has 0 saturated carbocycles. The van der Waals surface area contributed by atoms with Gasteiger partial charge >= 0.3 is 0 Å². The van der Waals surface area contributed by atoms with Crippen LogP contribution in [0.1, 0.15) is 19.6 Å². The molecule has 0 spiro atoms. The van der Waals surface area contributed by atoms with Crippen molar-refractivity contribution in [3.63, 3.8) is 0 Å². The van der Waals surface area contributed by atoms with Gasteiger partial charge in [-0.25, -0.2) is 4.98 Å². The van der Waals surface area contributed by atoms with Gasteiger partial charge in [-0.1, -0.05) is 67.4 Å². The fourth-order valence-corrected chi connectivity index (χ4v) is 4.43. The molecule has 5 nitrogen and oxygen atoms in total. The number of hydrogen-bond donors (Lipinski definition) is 1. The fraction of sp³-hybridized carbons (Fsp3) is 0.138. The van der Waals surface area contributed by atoms with Crippen LogP contribution in [0.3, 0.4) is 0 Å². The number of halogens is 2. The number of pyridine rings is 2. The zero-order chi connectivity index (χ0) is 25.3. The Kier molecular flexibility index (Phi) is 6.52. The lowest BCUT2D eigenvalue weighted by Crippen LogP contribution is -2.16. The molecule has 2 aromatic carbocycles. The molecule has 0 unspecified atom stereocenters. The third kappa shape index (κ3) is 4.85. The molecular weight excluding hydrogens is 493 g/mol. The molecule has 5 aromatic rings. The van der Waals surface area contributed by atoms with Crippen LogP contribution >= 0.6 is 23.2 Å². The topological polar surface area (TPSA) is 68.0 Å². The number of carbonyl (C=O) groups excluding carboxylic acids is 1. The number of aldehydes is 1. The molecule has 0 aliphatic rings. The highest BCUT2D eigenvalue weighted by Gasteiger charge is 2.26. The Bertz CT molecular complexity index is 1540. The van der Waals surface area contributed by atoms with E-state index in [0.717, 1.165) is 39.7 Å². The third-order valence-corrected chi connectivity index (χ3v) is 6.51. The first kappa shape index (κ1) is 24.0. The molecule has 0 amide bonds. The summed E-state index contributed by atoms with van der Waals surface area (Å²) >= 11 is 12.8. The molecule has 0 bridgehead atoms. The first-order valence-electron chi connectivity index (χ1n) is 11.5. The molecule has 1 N–H and O–H groups in total. The summed E-state index contributed by atoms with van der Waals surface area (Å²) in [6.07, 6.45) is 4.77. The van der Waals surface area contributed by atoms with Crippen LogP contribution < -0.4 is 5.32 Å². The van der Waals surface area contributed by atoms with Crippen molar-refractivity contribution in [3.8, 4) is 22.4 Å². The quantitative estimate of drug-likeness (QED) is 0.220. The molecule has 36 heavy (non-hydrogen) atoms. The van der Waals surface area contributed by atoms with Gasteiger partial charge in [-0.15, -0.1) is 0 Å². The summed E-state index contributed by atoms with van der Waals surface area (Å²) in [6, 6.07) is 21.0. The van der Waals surface area contributed by atoms with Crippen molar-refractivity contribution in [2.75, 3.05) is 5.32 Å². The van der Waals surface area contributed by atoms with Gasteiger partial charge in [0.2, 0.25) is 5.71 Å². The van der Waals surface area contributed by atoms with E-state index in [-0.39, 0.29) is 0 Å². The lowest BCUT2D eigenvalue weighted by atomic mass is 9.89. The maximum absolute atomic E-state index is 11.7. The van der Waals surface area contributed by atoms with Crippen LogP contribution in [0.4, 0.5) is 11.4 Å². The van der Waals surface area contributed by atoms with Gasteiger partial charge in [0.15, 0.2) is 0 Å². The highest BCUT2D eigenvalue weighted by Crippen LogP contribution is 2.42. The van der Waals surface area contributed by atoms with E-state index in [4.69, 9.17) is 32.6 Å². The molecule has 0 saturated heterocycles. The average molecular weight is 516 g/mol. The second kappa shape index (κ2) is 9.76. The van der Waals surface area contributed by atoms with E-state index in [1.165, 1.54) is 0 Å². The van der Waals surface area contributed by atoms with Crippen molar-refractivity contribution < 1.29 is 9.21 Å². The second-order valence-electron chi connectivity index (χ2n) is 9.27. The van der Waals surface area contributed by atoms with Gasteiger partial charge in [0, 0.05) is 51.1 Å². The van der Waals surface area contributed by atoms with E-state index in [1.54, 1.807) is 12.4 Å². The van der Waals surface area contributed by atoms with E-state index in [2.05, 4.69) is 16.4 Å². The first-order valence-corrected chi connectivity index (χ1v) is 12.2. The molecule has 3 aromatic heterocycles. The Labute approximate surface area is 219 Å². The number of furan rings is 1. The molecule has 5 rings (SSSR count). The number of aromatic nitrogens is 2. The van der Waals surface area contributed by atoms with Crippen molar-refractivity contribution in [1.29, 1.82) is 0 Å². The zero-order valence-corrected chi connectivity index (χ0v) is 21.3. The van der Waals surface area contributed by atoms with Gasteiger partial charge in [-0.05, 0) is 42.0 Å². The summed E-state index contributed by atoms with van der Waals surface area (Å²) in [5.74, 6) is 0.643. The van der Waals surface area contributed by atoms with Gasteiger partial charge in [0.25, 0.3) is 0 Å². The number of nitrogens with one attached hydrogen (secondary N) is 1. The summed E-state index contributed by atoms with van der Waals surface area (Å²) in [5, 5.41) is 5.49. The molecule has 7 heteroatoms. The average Bonchev–Trinajstić information content (AvgIpc) is 3.19. The molecular formula is C29H23Cl2N3O2. The molecule has 0 aliphatic heterocycles. The maximum atomic E-state index is 11.7. The van der Waals surface area contributed by atoms with Crippen LogP contribution in [0.25, 0.3) is 33.5 Å². The van der Waals surface area contributed by atoms with Gasteiger partial charge in [-0.2, -0.15) is 0 Å². The van der Waals surface area contributed by atoms with Crippen LogP contribution in [-0.2, 0) is 11.2 Å². The number of hydrogen-bond acceptors (Lipinski definition) is 5. The normalized spacial score (nSPS) is 11.6. The molecule has 180 valence electrons. The summed E-state index contributed by atoms with van der Waals surface area (Å²) in [6.45, 7) is 3.76. The first-order chi connectivity index (χ1) is 17.3. The molecule has 3 heterocycles. The molecule has 0 aliphatic carbocycles. The largest absolute Gasteiger partial charge is 0.440 e. The standard InChI is InChI=1S/C29H23Cl2N3O2/c1-29(2,17-35)16-25-27(33-20-11-13-32-14-12-20)23-15-22(18-7-9-19(30)10-8-18)26(34-28(23)36-25)21-5-3-4-6-24(21)31/h3-15,17H,16H2,1-2H3,(H,32,33). The number of fused-ring (bicyclic) bond motifs is 1. The Morgan fingerprint density at radius 1 is 0.972 bits per heavy atom. The van der Waals surface area contributed by atoms with Crippen LogP contribution in [-0.4, -0.2) is 16.3 Å². The highest BCUT2D eigenvalue weighted by molar-refractivity contribution is 6.33. The van der Waals surface area contributed by atoms with Gasteiger partial charge < -0.3 is 14.5 Å². The number of benzene rings is 2. The van der Waals surface area contributed by atoms with E-state index < -0.39 is 5.41 Å². The summed E-state index contributed by atoms with van der Waals surface area (Å²) in [7, 11) is 0. The van der Waals surface area contributed by atoms with Crippen molar-refractivity contribution in [3.05, 3.63) is 94.9 Å². The minimum Gasteiger partial charge on any atom is -0.440 e. The van der Waals surface area contributed by atoms with E-state index >= 15 is 0 Å². The molecule has 0 fully saturated rings. The smallest absolute Gasteiger partial charge is 0.229 e. The Hall–Kier alpha value is -3.67. The SMILES string of the molecule is CC(C)(C=O)Cc1oc2nc(-c3ccccc3Cl)c(-c3ccc(Cl)cc3)cc2c1Nc1ccncc1. The predicted octanol–water partition coefficient (Wildman–Crippen LogP) is 8.37. The van der Waals surface area contributed by atoms with E-state index in [1.807, 2.05) is 74.5 Å². The van der Waals surface area contributed by atoms with Crippen LogP contribution in [0.2, 0.25) is 10.0 Å². The Balaban J connectivity index is 1.78. The summed E-state index contributed by atoms with van der Waals surface area (Å²) in [4.78, 5) is 20.8. The minimum atomic E-state index is -0.618. The molecule has 0 radical (unpaired) electrons. The zero-order valence-electron chi connectivity index (χ0n) is 19.8. The number of carbonyl (C=O) groups is 1. The summed E-state index contributed by atoms with van der Waals surface area (Å²) in [5.41, 5.74) is 4.76. The number of anilines is 2. The van der Waals surface area contributed by atoms with Gasteiger partial charge in [0.05, 0.1) is 16.8 Å². The lowest BCUT2D eigenvalue weighted by molar-refractivity contribution is -0.114. The van der Waals surface area contributed by atoms with Crippen LogP contribution in [0.5, 0.6) is 0 Å². The van der Waals surface area contributed by atoms with E-state index in [0.29, 0.717) is 33.6 Å². The fourth-order valence-electron chi connectivity index (χ4n) is 4.08. The van der Waals surface area contributed by atoms with Crippen molar-refractivity contribution in [1.82, 2.24) is 9.97 Å². The van der Waals surface area contributed by atoms with E-state index in [9.17, 15) is 4.79 Å². The predicted molar refractivity (Wildman–Crippen MR) is 146 cm³/mol. The van der Waals surface area contributed by atoms with Gasteiger partial charge in [0.1, 0.15) is 12.0 Å². The minimum absolute atomic E-state index is 0.401. The Morgan fingerprint density at radius 2 is 1.69 bits per heavy atom. The number of nitrogens with zero attached hydrogens (tertiary/aromatic N) is 2. The molecule has 0 atom stereocenters.